The average Bonchev–Trinajstić information content (AvgIpc) is 2.70. The Labute approximate surface area is 171 Å². The molecule has 0 saturated heterocycles. The van der Waals surface area contributed by atoms with Gasteiger partial charge < -0.3 is 19.5 Å². The molecule has 0 radical (unpaired) electrons. The molecule has 0 aliphatic carbocycles. The molecule has 0 heterocycles. The van der Waals surface area contributed by atoms with Crippen LogP contribution in [0, 0.1) is 6.92 Å². The van der Waals surface area contributed by atoms with E-state index in [1.807, 2.05) is 6.92 Å². The van der Waals surface area contributed by atoms with Crippen LogP contribution in [0.5, 0.6) is 17.2 Å². The largest absolute Gasteiger partial charge is 0.493 e. The molecule has 2 N–H and O–H groups in total. The highest BCUT2D eigenvalue weighted by Gasteiger charge is 2.16. The first kappa shape index (κ1) is 22.5. The van der Waals surface area contributed by atoms with E-state index in [2.05, 4.69) is 10.0 Å². The zero-order valence-electron chi connectivity index (χ0n) is 16.9. The fraction of sp³-hybridized carbons (Fsp3) is 0.350. The van der Waals surface area contributed by atoms with Crippen molar-refractivity contribution in [3.8, 4) is 17.2 Å². The summed E-state index contributed by atoms with van der Waals surface area (Å²) in [5.74, 6) is 1.11. The molecule has 0 aliphatic heterocycles. The fourth-order valence-corrected chi connectivity index (χ4v) is 3.71. The van der Waals surface area contributed by atoms with Gasteiger partial charge in [-0.05, 0) is 36.8 Å². The molecule has 0 atom stereocenters. The molecule has 9 heteroatoms. The normalized spacial score (nSPS) is 11.0. The van der Waals surface area contributed by atoms with E-state index >= 15 is 0 Å². The van der Waals surface area contributed by atoms with Gasteiger partial charge in [0.05, 0.1) is 32.6 Å². The van der Waals surface area contributed by atoms with Crippen LogP contribution in [0.2, 0.25) is 0 Å². The minimum absolute atomic E-state index is 0.0806. The van der Waals surface area contributed by atoms with Crippen LogP contribution in [-0.4, -0.2) is 48.7 Å². The third kappa shape index (κ3) is 6.10. The lowest BCUT2D eigenvalue weighted by Crippen LogP contribution is -2.35. The van der Waals surface area contributed by atoms with Gasteiger partial charge in [-0.1, -0.05) is 17.7 Å². The number of ether oxygens (including phenoxy) is 3. The van der Waals surface area contributed by atoms with Crippen LogP contribution in [-0.2, 0) is 21.2 Å². The van der Waals surface area contributed by atoms with E-state index in [9.17, 15) is 13.2 Å². The number of carbonyl (C=O) groups is 1. The number of rotatable bonds is 10. The Bertz CT molecular complexity index is 917. The second-order valence-corrected chi connectivity index (χ2v) is 8.04. The molecule has 0 saturated carbocycles. The molecule has 2 rings (SSSR count). The topological polar surface area (TPSA) is 103 Å². The van der Waals surface area contributed by atoms with Crippen LogP contribution in [0.3, 0.4) is 0 Å². The number of methoxy groups -OCH3 is 3. The summed E-state index contributed by atoms with van der Waals surface area (Å²) in [7, 11) is 0.899. The number of hydrogen-bond acceptors (Lipinski definition) is 6. The Kier molecular flexibility index (Phi) is 7.86. The Morgan fingerprint density at radius 3 is 2.03 bits per heavy atom. The molecule has 2 aromatic carbocycles. The van der Waals surface area contributed by atoms with Gasteiger partial charge in [0.1, 0.15) is 0 Å². The van der Waals surface area contributed by atoms with Crippen LogP contribution >= 0.6 is 0 Å². The van der Waals surface area contributed by atoms with Crippen molar-refractivity contribution >= 4 is 15.9 Å². The SMILES string of the molecule is COc1cc(CC(=O)NCCNS(=O)(=O)c2ccc(C)cc2)cc(OC)c1OC. The van der Waals surface area contributed by atoms with Gasteiger partial charge >= 0.3 is 0 Å². The molecule has 0 spiro atoms. The van der Waals surface area contributed by atoms with Crippen molar-refractivity contribution in [1.82, 2.24) is 10.0 Å². The molecule has 29 heavy (non-hydrogen) atoms. The number of sulfonamides is 1. The molecule has 0 unspecified atom stereocenters. The van der Waals surface area contributed by atoms with Gasteiger partial charge in [0.2, 0.25) is 21.7 Å². The quantitative estimate of drug-likeness (QED) is 0.565. The predicted octanol–water partition coefficient (Wildman–Crippen LogP) is 1.66. The van der Waals surface area contributed by atoms with Gasteiger partial charge in [-0.15, -0.1) is 0 Å². The first-order valence-electron chi connectivity index (χ1n) is 8.92. The Morgan fingerprint density at radius 1 is 0.931 bits per heavy atom. The summed E-state index contributed by atoms with van der Waals surface area (Å²) >= 11 is 0. The predicted molar refractivity (Wildman–Crippen MR) is 109 cm³/mol. The maximum atomic E-state index is 12.2. The van der Waals surface area contributed by atoms with Crippen LogP contribution < -0.4 is 24.2 Å². The summed E-state index contributed by atoms with van der Waals surface area (Å²) in [5, 5.41) is 2.69. The summed E-state index contributed by atoms with van der Waals surface area (Å²) in [4.78, 5) is 12.4. The molecule has 0 bridgehead atoms. The summed E-state index contributed by atoms with van der Waals surface area (Å²) in [6.45, 7) is 2.12. The van der Waals surface area contributed by atoms with Crippen molar-refractivity contribution in [3.63, 3.8) is 0 Å². The lowest BCUT2D eigenvalue weighted by molar-refractivity contribution is -0.120. The van der Waals surface area contributed by atoms with Gasteiger partial charge in [0.25, 0.3) is 0 Å². The minimum Gasteiger partial charge on any atom is -0.493 e. The van der Waals surface area contributed by atoms with Gasteiger partial charge in [0, 0.05) is 13.1 Å². The summed E-state index contributed by atoms with van der Waals surface area (Å²) in [5.41, 5.74) is 1.65. The van der Waals surface area contributed by atoms with Gasteiger partial charge in [-0.25, -0.2) is 13.1 Å². The second kappa shape index (κ2) is 10.1. The van der Waals surface area contributed by atoms with Crippen LogP contribution in [0.1, 0.15) is 11.1 Å². The molecule has 0 fully saturated rings. The lowest BCUT2D eigenvalue weighted by Gasteiger charge is -2.14. The molecule has 0 aliphatic rings. The van der Waals surface area contributed by atoms with Crippen molar-refractivity contribution in [2.75, 3.05) is 34.4 Å². The molecule has 8 nitrogen and oxygen atoms in total. The first-order valence-corrected chi connectivity index (χ1v) is 10.4. The van der Waals surface area contributed by atoms with E-state index in [0.29, 0.717) is 22.8 Å². The van der Waals surface area contributed by atoms with Crippen molar-refractivity contribution in [1.29, 1.82) is 0 Å². The maximum absolute atomic E-state index is 12.2. The van der Waals surface area contributed by atoms with E-state index < -0.39 is 10.0 Å². The second-order valence-electron chi connectivity index (χ2n) is 6.27. The number of carbonyl (C=O) groups excluding carboxylic acids is 1. The number of nitrogens with one attached hydrogen (secondary N) is 2. The highest BCUT2D eigenvalue weighted by molar-refractivity contribution is 7.89. The van der Waals surface area contributed by atoms with Crippen molar-refractivity contribution in [3.05, 3.63) is 47.5 Å². The maximum Gasteiger partial charge on any atom is 0.240 e. The highest BCUT2D eigenvalue weighted by Crippen LogP contribution is 2.38. The zero-order chi connectivity index (χ0) is 21.4. The number of amides is 1. The van der Waals surface area contributed by atoms with Crippen LogP contribution in [0.25, 0.3) is 0 Å². The van der Waals surface area contributed by atoms with Gasteiger partial charge in [-0.3, -0.25) is 4.79 Å². The van der Waals surface area contributed by atoms with Gasteiger partial charge in [0.15, 0.2) is 11.5 Å². The molecular weight excluding hydrogens is 396 g/mol. The number of benzene rings is 2. The first-order chi connectivity index (χ1) is 13.8. The van der Waals surface area contributed by atoms with Crippen molar-refractivity contribution < 1.29 is 27.4 Å². The average molecular weight is 423 g/mol. The molecule has 1 amide bonds. The van der Waals surface area contributed by atoms with Gasteiger partial charge in [-0.2, -0.15) is 0 Å². The Morgan fingerprint density at radius 2 is 1.52 bits per heavy atom. The Hall–Kier alpha value is -2.78. The van der Waals surface area contributed by atoms with Crippen LogP contribution in [0.4, 0.5) is 0 Å². The number of hydrogen-bond donors (Lipinski definition) is 2. The minimum atomic E-state index is -3.61. The van der Waals surface area contributed by atoms with Crippen molar-refractivity contribution in [2.45, 2.75) is 18.2 Å². The third-order valence-electron chi connectivity index (χ3n) is 4.16. The van der Waals surface area contributed by atoms with E-state index in [1.54, 1.807) is 36.4 Å². The summed E-state index contributed by atoms with van der Waals surface area (Å²) in [6.07, 6.45) is 0.0847. The fourth-order valence-electron chi connectivity index (χ4n) is 2.67. The van der Waals surface area contributed by atoms with E-state index in [0.717, 1.165) is 5.56 Å². The van der Waals surface area contributed by atoms with Crippen molar-refractivity contribution in [2.24, 2.45) is 0 Å². The highest BCUT2D eigenvalue weighted by atomic mass is 32.2. The van der Waals surface area contributed by atoms with E-state index in [4.69, 9.17) is 14.2 Å². The lowest BCUT2D eigenvalue weighted by atomic mass is 10.1. The zero-order valence-corrected chi connectivity index (χ0v) is 17.8. The molecule has 2 aromatic rings. The molecule has 0 aromatic heterocycles. The van der Waals surface area contributed by atoms with E-state index in [1.165, 1.54) is 21.3 Å². The van der Waals surface area contributed by atoms with Crippen LogP contribution in [0.15, 0.2) is 41.3 Å². The standard InChI is InChI=1S/C20H26N2O6S/c1-14-5-7-16(8-6-14)29(24,25)22-10-9-21-19(23)13-15-11-17(26-2)20(28-4)18(12-15)27-3/h5-8,11-12,22H,9-10,13H2,1-4H3,(H,21,23). The van der Waals surface area contributed by atoms with E-state index in [-0.39, 0.29) is 30.3 Å². The monoisotopic (exact) mass is 422 g/mol. The number of aryl methyl sites for hydroxylation is 1. The summed E-state index contributed by atoms with van der Waals surface area (Å²) < 4.78 is 42.7. The molecular formula is C20H26N2O6S. The molecule has 158 valence electrons. The summed E-state index contributed by atoms with van der Waals surface area (Å²) in [6, 6.07) is 9.94. The third-order valence-corrected chi connectivity index (χ3v) is 5.64. The smallest absolute Gasteiger partial charge is 0.240 e. The Balaban J connectivity index is 1.89.